The van der Waals surface area contributed by atoms with E-state index in [4.69, 9.17) is 15.2 Å². The molecule has 4 nitrogen and oxygen atoms in total. The minimum atomic E-state index is -2.84. The zero-order valence-electron chi connectivity index (χ0n) is 16.0. The summed E-state index contributed by atoms with van der Waals surface area (Å²) in [7, 11) is 0. The highest BCUT2D eigenvalue weighted by atomic mass is 19.3. The van der Waals surface area contributed by atoms with Gasteiger partial charge in [-0.1, -0.05) is 36.4 Å². The van der Waals surface area contributed by atoms with Crippen molar-refractivity contribution >= 4 is 5.69 Å². The van der Waals surface area contributed by atoms with Crippen LogP contribution in [0.5, 0.6) is 5.75 Å². The van der Waals surface area contributed by atoms with E-state index in [2.05, 4.69) is 18.1 Å². The van der Waals surface area contributed by atoms with Gasteiger partial charge in [0.2, 0.25) is 0 Å². The average molecular weight is 378 g/mol. The first-order valence-corrected chi connectivity index (χ1v) is 8.94. The summed E-state index contributed by atoms with van der Waals surface area (Å²) in [6.45, 7) is 10.5. The summed E-state index contributed by atoms with van der Waals surface area (Å²) in [5.74, 6) is 0.550. The average Bonchev–Trinajstić information content (AvgIpc) is 2.91. The Labute approximate surface area is 159 Å². The molecule has 2 rings (SSSR count). The number of likely N-dealkylation sites (tertiary alicyclic amines) is 1. The van der Waals surface area contributed by atoms with Crippen molar-refractivity contribution in [2.24, 2.45) is 0 Å². The number of allylic oxidation sites excluding steroid dienone is 3. The van der Waals surface area contributed by atoms with Crippen molar-refractivity contribution < 1.29 is 18.3 Å². The van der Waals surface area contributed by atoms with Gasteiger partial charge in [0.15, 0.2) is 0 Å². The van der Waals surface area contributed by atoms with Crippen molar-refractivity contribution in [3.05, 3.63) is 60.2 Å². The van der Waals surface area contributed by atoms with Gasteiger partial charge in [-0.25, -0.2) is 0 Å². The van der Waals surface area contributed by atoms with Gasteiger partial charge in [0.25, 0.3) is 0 Å². The first-order chi connectivity index (χ1) is 12.7. The molecule has 1 aliphatic heterocycles. The molecule has 27 heavy (non-hydrogen) atoms. The van der Waals surface area contributed by atoms with Gasteiger partial charge in [-0.3, -0.25) is 4.90 Å². The maximum atomic E-state index is 12.8. The van der Waals surface area contributed by atoms with Crippen LogP contribution in [0.3, 0.4) is 0 Å². The molecule has 2 N–H and O–H groups in total. The summed E-state index contributed by atoms with van der Waals surface area (Å²) in [5, 5.41) is 0. The van der Waals surface area contributed by atoms with Crippen molar-refractivity contribution in [3.8, 4) is 5.75 Å². The second kappa shape index (κ2) is 9.67. The second-order valence-electron chi connectivity index (χ2n) is 6.97. The number of rotatable bonds is 9. The Balaban J connectivity index is 2.03. The van der Waals surface area contributed by atoms with E-state index in [0.29, 0.717) is 31.1 Å². The number of hydrogen-bond acceptors (Lipinski definition) is 4. The molecule has 0 bridgehead atoms. The molecule has 2 unspecified atom stereocenters. The summed E-state index contributed by atoms with van der Waals surface area (Å²) in [6, 6.07) is 6.94. The number of benzene rings is 1. The standard InChI is InChI=1S/C21H28F2N2O2/c1-14(2)10-16(15(3)4)8-9-25-12-19(20(13-25)27-21(22)23)26-18-7-5-6-17(24)11-18/h5-7,10-11,19-21H,1,3,8-9,12-13,24H2,2,4H3/b16-10-. The van der Waals surface area contributed by atoms with Crippen LogP contribution in [0.4, 0.5) is 14.5 Å². The fraction of sp³-hybridized carbons (Fsp3) is 0.429. The summed E-state index contributed by atoms with van der Waals surface area (Å²) < 4.78 is 36.3. The monoisotopic (exact) mass is 378 g/mol. The lowest BCUT2D eigenvalue weighted by Gasteiger charge is -2.20. The number of halogens is 2. The fourth-order valence-electron chi connectivity index (χ4n) is 3.12. The number of nitrogens with zero attached hydrogens (tertiary/aromatic N) is 1. The molecule has 0 saturated carbocycles. The van der Waals surface area contributed by atoms with E-state index < -0.39 is 18.8 Å². The Morgan fingerprint density at radius 3 is 2.59 bits per heavy atom. The molecule has 0 aliphatic carbocycles. The topological polar surface area (TPSA) is 47.7 Å². The van der Waals surface area contributed by atoms with Gasteiger partial charge in [0, 0.05) is 31.4 Å². The highest BCUT2D eigenvalue weighted by molar-refractivity contribution is 5.43. The molecule has 0 spiro atoms. The van der Waals surface area contributed by atoms with Crippen LogP contribution in [0.25, 0.3) is 0 Å². The third-order valence-corrected chi connectivity index (χ3v) is 4.38. The van der Waals surface area contributed by atoms with Crippen molar-refractivity contribution in [3.63, 3.8) is 0 Å². The third kappa shape index (κ3) is 6.81. The minimum Gasteiger partial charge on any atom is -0.486 e. The Morgan fingerprint density at radius 2 is 2.00 bits per heavy atom. The van der Waals surface area contributed by atoms with Gasteiger partial charge >= 0.3 is 6.61 Å². The van der Waals surface area contributed by atoms with Gasteiger partial charge < -0.3 is 15.2 Å². The molecule has 1 saturated heterocycles. The van der Waals surface area contributed by atoms with E-state index in [-0.39, 0.29) is 0 Å². The predicted molar refractivity (Wildman–Crippen MR) is 105 cm³/mol. The molecule has 2 atom stereocenters. The van der Waals surface area contributed by atoms with E-state index >= 15 is 0 Å². The van der Waals surface area contributed by atoms with Gasteiger partial charge in [-0.2, -0.15) is 8.78 Å². The summed E-state index contributed by atoms with van der Waals surface area (Å²) >= 11 is 0. The number of nitrogen functional groups attached to an aromatic ring is 1. The van der Waals surface area contributed by atoms with Crippen LogP contribution in [0, 0.1) is 0 Å². The Morgan fingerprint density at radius 1 is 1.30 bits per heavy atom. The van der Waals surface area contributed by atoms with Crippen LogP contribution in [0.2, 0.25) is 0 Å². The molecule has 1 aromatic carbocycles. The minimum absolute atomic E-state index is 0.383. The number of anilines is 1. The molecule has 6 heteroatoms. The zero-order chi connectivity index (χ0) is 20.0. The van der Waals surface area contributed by atoms with E-state index in [1.165, 1.54) is 0 Å². The van der Waals surface area contributed by atoms with Gasteiger partial charge in [-0.05, 0) is 38.0 Å². The normalized spacial score (nSPS) is 20.9. The Kier molecular flexibility index (Phi) is 7.56. The van der Waals surface area contributed by atoms with Crippen molar-refractivity contribution in [1.82, 2.24) is 4.90 Å². The molecule has 1 heterocycles. The van der Waals surface area contributed by atoms with E-state index in [1.54, 1.807) is 24.3 Å². The van der Waals surface area contributed by atoms with Crippen molar-refractivity contribution in [2.45, 2.75) is 39.1 Å². The molecule has 0 radical (unpaired) electrons. The summed E-state index contributed by atoms with van der Waals surface area (Å²) in [6.07, 6.45) is 1.57. The highest BCUT2D eigenvalue weighted by Gasteiger charge is 2.37. The molecule has 1 aliphatic rings. The van der Waals surface area contributed by atoms with Gasteiger partial charge in [-0.15, -0.1) is 0 Å². The number of alkyl halides is 2. The van der Waals surface area contributed by atoms with Crippen LogP contribution in [0.15, 0.2) is 60.2 Å². The number of ether oxygens (including phenoxy) is 2. The summed E-state index contributed by atoms with van der Waals surface area (Å²) in [4.78, 5) is 2.07. The smallest absolute Gasteiger partial charge is 0.345 e. The molecule has 1 aromatic rings. The zero-order valence-corrected chi connectivity index (χ0v) is 16.0. The SMILES string of the molecule is C=C(C)/C=C(/CCN1CC(Oc2cccc(N)c2)C(OC(F)F)C1)C(=C)C. The van der Waals surface area contributed by atoms with E-state index in [0.717, 1.165) is 23.1 Å². The van der Waals surface area contributed by atoms with Crippen LogP contribution < -0.4 is 10.5 Å². The van der Waals surface area contributed by atoms with Crippen molar-refractivity contribution in [1.29, 1.82) is 0 Å². The predicted octanol–water partition coefficient (Wildman–Crippen LogP) is 4.41. The lowest BCUT2D eigenvalue weighted by molar-refractivity contribution is -0.174. The molecule has 0 aromatic heterocycles. The number of nitrogens with two attached hydrogens (primary N) is 1. The highest BCUT2D eigenvalue weighted by Crippen LogP contribution is 2.25. The maximum Gasteiger partial charge on any atom is 0.345 e. The quantitative estimate of drug-likeness (QED) is 0.511. The lowest BCUT2D eigenvalue weighted by atomic mass is 10.0. The molecule has 1 fully saturated rings. The summed E-state index contributed by atoms with van der Waals surface area (Å²) in [5.41, 5.74) is 9.36. The van der Waals surface area contributed by atoms with Crippen LogP contribution in [-0.2, 0) is 4.74 Å². The largest absolute Gasteiger partial charge is 0.486 e. The second-order valence-corrected chi connectivity index (χ2v) is 6.97. The van der Waals surface area contributed by atoms with Gasteiger partial charge in [0.1, 0.15) is 18.0 Å². The maximum absolute atomic E-state index is 12.8. The molecule has 0 amide bonds. The lowest BCUT2D eigenvalue weighted by Crippen LogP contribution is -2.33. The molecular weight excluding hydrogens is 350 g/mol. The first-order valence-electron chi connectivity index (χ1n) is 8.94. The van der Waals surface area contributed by atoms with Crippen LogP contribution in [0.1, 0.15) is 20.3 Å². The first kappa shape index (κ1) is 21.1. The Hall–Kier alpha value is -2.18. The van der Waals surface area contributed by atoms with Crippen LogP contribution >= 0.6 is 0 Å². The van der Waals surface area contributed by atoms with E-state index in [1.807, 2.05) is 19.9 Å². The number of hydrogen-bond donors (Lipinski definition) is 1. The Bertz CT molecular complexity index is 703. The molecule has 148 valence electrons. The van der Waals surface area contributed by atoms with Crippen molar-refractivity contribution in [2.75, 3.05) is 25.4 Å². The molecular formula is C21H28F2N2O2. The van der Waals surface area contributed by atoms with Crippen LogP contribution in [-0.4, -0.2) is 43.4 Å². The third-order valence-electron chi connectivity index (χ3n) is 4.38. The van der Waals surface area contributed by atoms with Gasteiger partial charge in [0.05, 0.1) is 0 Å². The fourth-order valence-corrected chi connectivity index (χ4v) is 3.12. The van der Waals surface area contributed by atoms with E-state index in [9.17, 15) is 8.78 Å².